The normalized spacial score (nSPS) is 14.3. The standard InChI is InChI=1S/C23H31N3O2/c1-5-16(4)17-11-13-19(14-12-17)20(15(2)3)25-21(22(27)26-23(24)28)18-9-7-6-8-10-18/h6-16,20-21,25H,5H2,1-4H3,(H3,24,26,27,28)/p+1/t16-,20-,21+/m1/s1. The molecule has 0 aliphatic rings. The molecule has 3 atom stereocenters. The molecule has 0 saturated carbocycles. The summed E-state index contributed by atoms with van der Waals surface area (Å²) in [6.07, 6.45) is 1.10. The van der Waals surface area contributed by atoms with E-state index in [9.17, 15) is 9.59 Å². The van der Waals surface area contributed by atoms with Gasteiger partial charge in [0.15, 0.2) is 6.04 Å². The molecule has 3 amide bonds. The maximum absolute atomic E-state index is 12.7. The SMILES string of the molecule is CC[C@@H](C)c1ccc([C@H]([NH2+][C@H](C(=O)NC(N)=O)c2ccccc2)C(C)C)cc1. The number of hydrogen-bond donors (Lipinski definition) is 3. The fourth-order valence-electron chi connectivity index (χ4n) is 3.42. The number of imide groups is 1. The number of nitrogens with one attached hydrogen (secondary N) is 1. The third kappa shape index (κ3) is 5.67. The summed E-state index contributed by atoms with van der Waals surface area (Å²) in [7, 11) is 0. The van der Waals surface area contributed by atoms with Crippen molar-refractivity contribution in [2.24, 2.45) is 11.7 Å². The molecule has 2 rings (SSSR count). The van der Waals surface area contributed by atoms with Crippen LogP contribution in [0.3, 0.4) is 0 Å². The highest BCUT2D eigenvalue weighted by Gasteiger charge is 2.31. The van der Waals surface area contributed by atoms with E-state index < -0.39 is 18.0 Å². The highest BCUT2D eigenvalue weighted by atomic mass is 16.2. The van der Waals surface area contributed by atoms with Crippen LogP contribution >= 0.6 is 0 Å². The minimum absolute atomic E-state index is 0.0646. The number of hydrogen-bond acceptors (Lipinski definition) is 2. The Morgan fingerprint density at radius 1 is 0.929 bits per heavy atom. The molecule has 5 N–H and O–H groups in total. The van der Waals surface area contributed by atoms with Crippen LogP contribution in [-0.4, -0.2) is 11.9 Å². The molecule has 0 saturated heterocycles. The number of benzene rings is 2. The van der Waals surface area contributed by atoms with Crippen molar-refractivity contribution >= 4 is 11.9 Å². The molecule has 0 aromatic heterocycles. The lowest BCUT2D eigenvalue weighted by Gasteiger charge is -2.25. The fraction of sp³-hybridized carbons (Fsp3) is 0.391. The molecule has 0 radical (unpaired) electrons. The van der Waals surface area contributed by atoms with Gasteiger partial charge in [0.2, 0.25) is 0 Å². The van der Waals surface area contributed by atoms with Gasteiger partial charge in [-0.25, -0.2) is 4.79 Å². The molecule has 0 aliphatic heterocycles. The van der Waals surface area contributed by atoms with Gasteiger partial charge < -0.3 is 11.1 Å². The average molecular weight is 383 g/mol. The van der Waals surface area contributed by atoms with Crippen LogP contribution in [-0.2, 0) is 4.79 Å². The van der Waals surface area contributed by atoms with Crippen molar-refractivity contribution in [3.63, 3.8) is 0 Å². The summed E-state index contributed by atoms with van der Waals surface area (Å²) in [5.41, 5.74) is 8.50. The molecule has 0 fully saturated rings. The minimum Gasteiger partial charge on any atom is -0.351 e. The van der Waals surface area contributed by atoms with Crippen LogP contribution in [0.25, 0.3) is 0 Å². The van der Waals surface area contributed by atoms with Gasteiger partial charge in [0.05, 0.1) is 0 Å². The molecule has 150 valence electrons. The van der Waals surface area contributed by atoms with Crippen molar-refractivity contribution in [3.05, 3.63) is 71.3 Å². The van der Waals surface area contributed by atoms with Crippen molar-refractivity contribution in [3.8, 4) is 0 Å². The summed E-state index contributed by atoms with van der Waals surface area (Å²) in [5.74, 6) is 0.413. The van der Waals surface area contributed by atoms with Crippen molar-refractivity contribution in [2.45, 2.75) is 52.1 Å². The van der Waals surface area contributed by atoms with Gasteiger partial charge in [0.1, 0.15) is 6.04 Å². The number of amides is 3. The molecule has 0 spiro atoms. The number of primary amides is 1. The summed E-state index contributed by atoms with van der Waals surface area (Å²) in [6.45, 7) is 8.68. The van der Waals surface area contributed by atoms with E-state index in [1.54, 1.807) is 0 Å². The third-order valence-corrected chi connectivity index (χ3v) is 5.31. The highest BCUT2D eigenvalue weighted by Crippen LogP contribution is 2.24. The first-order valence-corrected chi connectivity index (χ1v) is 9.93. The van der Waals surface area contributed by atoms with E-state index in [0.29, 0.717) is 11.8 Å². The zero-order valence-corrected chi connectivity index (χ0v) is 17.2. The summed E-state index contributed by atoms with van der Waals surface area (Å²) in [6, 6.07) is 16.8. The maximum atomic E-state index is 12.7. The molecule has 5 heteroatoms. The Balaban J connectivity index is 2.32. The van der Waals surface area contributed by atoms with Gasteiger partial charge in [-0.3, -0.25) is 10.1 Å². The lowest BCUT2D eigenvalue weighted by atomic mass is 9.91. The second-order valence-corrected chi connectivity index (χ2v) is 7.68. The average Bonchev–Trinajstić information content (AvgIpc) is 2.68. The Bertz CT molecular complexity index is 772. The molecule has 2 aromatic carbocycles. The second kappa shape index (κ2) is 10.0. The Hall–Kier alpha value is -2.66. The molecule has 0 aliphatic carbocycles. The first kappa shape index (κ1) is 21.6. The largest absolute Gasteiger partial charge is 0.351 e. The van der Waals surface area contributed by atoms with Crippen LogP contribution in [0.5, 0.6) is 0 Å². The molecule has 0 bridgehead atoms. The van der Waals surface area contributed by atoms with Gasteiger partial charge >= 0.3 is 6.03 Å². The van der Waals surface area contributed by atoms with E-state index in [2.05, 4.69) is 57.3 Å². The zero-order chi connectivity index (χ0) is 20.7. The molecule has 5 nitrogen and oxygen atoms in total. The van der Waals surface area contributed by atoms with E-state index >= 15 is 0 Å². The fourth-order valence-corrected chi connectivity index (χ4v) is 3.42. The van der Waals surface area contributed by atoms with Gasteiger partial charge in [-0.2, -0.15) is 0 Å². The van der Waals surface area contributed by atoms with Gasteiger partial charge in [0.25, 0.3) is 5.91 Å². The van der Waals surface area contributed by atoms with Crippen LogP contribution in [0.4, 0.5) is 4.79 Å². The summed E-state index contributed by atoms with van der Waals surface area (Å²) < 4.78 is 0. The minimum atomic E-state index is -0.835. The van der Waals surface area contributed by atoms with Crippen molar-refractivity contribution in [1.29, 1.82) is 0 Å². The molecule has 2 aromatic rings. The Labute approximate surface area is 167 Å². The van der Waals surface area contributed by atoms with Crippen LogP contribution in [0.1, 0.15) is 68.8 Å². The molecular formula is C23H32N3O2+. The molecular weight excluding hydrogens is 350 g/mol. The quantitative estimate of drug-likeness (QED) is 0.653. The number of rotatable bonds is 8. The Kier molecular flexibility index (Phi) is 7.76. The zero-order valence-electron chi connectivity index (χ0n) is 17.2. The van der Waals surface area contributed by atoms with Crippen LogP contribution < -0.4 is 16.4 Å². The highest BCUT2D eigenvalue weighted by molar-refractivity contribution is 5.96. The smallest absolute Gasteiger partial charge is 0.319 e. The Morgan fingerprint density at radius 3 is 2.00 bits per heavy atom. The number of carbonyl (C=O) groups is 2. The maximum Gasteiger partial charge on any atom is 0.319 e. The van der Waals surface area contributed by atoms with E-state index in [-0.39, 0.29) is 6.04 Å². The number of nitrogens with two attached hydrogens (primary N) is 2. The summed E-state index contributed by atoms with van der Waals surface area (Å²) in [5, 5.41) is 4.26. The van der Waals surface area contributed by atoms with Crippen LogP contribution in [0, 0.1) is 5.92 Å². The van der Waals surface area contributed by atoms with Gasteiger partial charge in [-0.05, 0) is 17.9 Å². The van der Waals surface area contributed by atoms with E-state index in [0.717, 1.165) is 17.5 Å². The van der Waals surface area contributed by atoms with E-state index in [1.807, 2.05) is 35.6 Å². The monoisotopic (exact) mass is 382 g/mol. The van der Waals surface area contributed by atoms with Crippen LogP contribution in [0.15, 0.2) is 54.6 Å². The van der Waals surface area contributed by atoms with Crippen molar-refractivity contribution < 1.29 is 14.9 Å². The lowest BCUT2D eigenvalue weighted by Crippen LogP contribution is -2.89. The van der Waals surface area contributed by atoms with E-state index in [1.165, 1.54) is 5.56 Å². The first-order valence-electron chi connectivity index (χ1n) is 9.93. The first-order chi connectivity index (χ1) is 13.3. The van der Waals surface area contributed by atoms with Crippen molar-refractivity contribution in [1.82, 2.24) is 5.32 Å². The van der Waals surface area contributed by atoms with Gasteiger partial charge in [0, 0.05) is 17.0 Å². The van der Waals surface area contributed by atoms with Gasteiger partial charge in [-0.15, -0.1) is 0 Å². The van der Waals surface area contributed by atoms with Crippen LogP contribution in [0.2, 0.25) is 0 Å². The summed E-state index contributed by atoms with van der Waals surface area (Å²) >= 11 is 0. The number of quaternary nitrogens is 1. The third-order valence-electron chi connectivity index (χ3n) is 5.31. The number of carbonyl (C=O) groups excluding carboxylic acids is 2. The molecule has 0 unspecified atom stereocenters. The topological polar surface area (TPSA) is 88.8 Å². The second-order valence-electron chi connectivity index (χ2n) is 7.68. The predicted octanol–water partition coefficient (Wildman–Crippen LogP) is 3.40. The van der Waals surface area contributed by atoms with Gasteiger partial charge in [-0.1, -0.05) is 82.3 Å². The van der Waals surface area contributed by atoms with Crippen molar-refractivity contribution in [2.75, 3.05) is 0 Å². The predicted molar refractivity (Wildman–Crippen MR) is 112 cm³/mol. The Morgan fingerprint density at radius 2 is 1.50 bits per heavy atom. The lowest BCUT2D eigenvalue weighted by molar-refractivity contribution is -0.728. The van der Waals surface area contributed by atoms with E-state index in [4.69, 9.17) is 5.73 Å². The number of urea groups is 1. The molecule has 0 heterocycles. The molecule has 28 heavy (non-hydrogen) atoms. The summed E-state index contributed by atoms with van der Waals surface area (Å²) in [4.78, 5) is 23.9.